The van der Waals surface area contributed by atoms with Crippen LogP contribution in [0.25, 0.3) is 11.3 Å². The van der Waals surface area contributed by atoms with E-state index in [0.29, 0.717) is 43.6 Å². The number of benzene rings is 1. The molecule has 1 aliphatic heterocycles. The van der Waals surface area contributed by atoms with Crippen LogP contribution >= 0.6 is 0 Å². The van der Waals surface area contributed by atoms with Gasteiger partial charge in [-0.15, -0.1) is 0 Å². The fraction of sp³-hybridized carbons (Fsp3) is 0.346. The minimum atomic E-state index is -0.694. The lowest BCUT2D eigenvalue weighted by atomic mass is 9.95. The Bertz CT molecular complexity index is 1180. The third-order valence-electron chi connectivity index (χ3n) is 5.89. The molecule has 3 heterocycles. The van der Waals surface area contributed by atoms with Gasteiger partial charge in [-0.25, -0.2) is 13.8 Å². The van der Waals surface area contributed by atoms with Crippen LogP contribution in [0.3, 0.4) is 0 Å². The fourth-order valence-corrected chi connectivity index (χ4v) is 4.24. The highest BCUT2D eigenvalue weighted by Gasteiger charge is 2.22. The molecule has 0 spiro atoms. The predicted octanol–water partition coefficient (Wildman–Crippen LogP) is 4.83. The highest BCUT2D eigenvalue weighted by Crippen LogP contribution is 2.31. The van der Waals surface area contributed by atoms with Crippen molar-refractivity contribution in [1.29, 1.82) is 0 Å². The maximum absolute atomic E-state index is 14.8. The van der Waals surface area contributed by atoms with Gasteiger partial charge in [0.15, 0.2) is 0 Å². The Labute approximate surface area is 197 Å². The highest BCUT2D eigenvalue weighted by atomic mass is 19.1. The molecule has 0 unspecified atom stereocenters. The zero-order chi connectivity index (χ0) is 24.2. The lowest BCUT2D eigenvalue weighted by Gasteiger charge is -2.32. The van der Waals surface area contributed by atoms with Gasteiger partial charge in [0, 0.05) is 24.8 Å². The summed E-state index contributed by atoms with van der Waals surface area (Å²) in [5.74, 6) is -1.59. The molecule has 0 saturated carbocycles. The molecular weight excluding hydrogens is 438 g/mol. The van der Waals surface area contributed by atoms with Crippen LogP contribution in [0.1, 0.15) is 42.7 Å². The molecule has 3 aromatic rings. The number of carbonyl (C=O) groups excluding carboxylic acids is 1. The van der Waals surface area contributed by atoms with Crippen molar-refractivity contribution < 1.29 is 18.7 Å². The van der Waals surface area contributed by atoms with Crippen molar-refractivity contribution in [2.45, 2.75) is 39.2 Å². The van der Waals surface area contributed by atoms with E-state index < -0.39 is 17.5 Å². The Balaban J connectivity index is 1.64. The van der Waals surface area contributed by atoms with Crippen LogP contribution in [-0.4, -0.2) is 40.2 Å². The number of rotatable bonds is 6. The van der Waals surface area contributed by atoms with E-state index in [0.717, 1.165) is 11.8 Å². The lowest BCUT2D eigenvalue weighted by Crippen LogP contribution is -2.36. The number of carbonyl (C=O) groups is 1. The molecule has 1 aromatic carbocycles. The smallest absolute Gasteiger partial charge is 0.274 e. The molecule has 1 saturated heterocycles. The Morgan fingerprint density at radius 1 is 1.15 bits per heavy atom. The monoisotopic (exact) mass is 466 g/mol. The number of pyridine rings is 2. The molecule has 8 heteroatoms. The number of hydrogen-bond donors (Lipinski definition) is 2. The SMILES string of the molecule is CC(C)Cc1cccc(F)c1-c1nc(C(=O)Nc2cnccc2N2CCC(O)CC2)ccc1F. The minimum Gasteiger partial charge on any atom is -0.393 e. The topological polar surface area (TPSA) is 78.4 Å². The molecule has 1 aliphatic rings. The van der Waals surface area contributed by atoms with E-state index >= 15 is 0 Å². The van der Waals surface area contributed by atoms with E-state index in [1.807, 2.05) is 13.8 Å². The molecule has 1 amide bonds. The summed E-state index contributed by atoms with van der Waals surface area (Å²) in [5.41, 5.74) is 1.78. The van der Waals surface area contributed by atoms with E-state index in [9.17, 15) is 18.7 Å². The number of halogens is 2. The van der Waals surface area contributed by atoms with Crippen LogP contribution in [0, 0.1) is 17.6 Å². The van der Waals surface area contributed by atoms with Crippen molar-refractivity contribution in [2.75, 3.05) is 23.3 Å². The number of aromatic nitrogens is 2. The van der Waals surface area contributed by atoms with Crippen LogP contribution in [0.15, 0.2) is 48.8 Å². The van der Waals surface area contributed by atoms with Crippen molar-refractivity contribution in [3.05, 3.63) is 71.7 Å². The van der Waals surface area contributed by atoms with E-state index in [-0.39, 0.29) is 29.0 Å². The lowest BCUT2D eigenvalue weighted by molar-refractivity contribution is 0.102. The predicted molar refractivity (Wildman–Crippen MR) is 128 cm³/mol. The summed E-state index contributed by atoms with van der Waals surface area (Å²) in [5, 5.41) is 12.6. The number of nitrogens with zero attached hydrogens (tertiary/aromatic N) is 3. The second-order valence-corrected chi connectivity index (χ2v) is 8.96. The largest absolute Gasteiger partial charge is 0.393 e. The first kappa shape index (κ1) is 23.8. The zero-order valence-electron chi connectivity index (χ0n) is 19.3. The molecule has 34 heavy (non-hydrogen) atoms. The second-order valence-electron chi connectivity index (χ2n) is 8.96. The van der Waals surface area contributed by atoms with E-state index in [1.54, 1.807) is 30.6 Å². The average Bonchev–Trinajstić information content (AvgIpc) is 2.80. The third-order valence-corrected chi connectivity index (χ3v) is 5.89. The number of aliphatic hydroxyl groups is 1. The summed E-state index contributed by atoms with van der Waals surface area (Å²) < 4.78 is 29.6. The van der Waals surface area contributed by atoms with Gasteiger partial charge < -0.3 is 15.3 Å². The van der Waals surface area contributed by atoms with Gasteiger partial charge in [-0.1, -0.05) is 26.0 Å². The maximum Gasteiger partial charge on any atom is 0.274 e. The van der Waals surface area contributed by atoms with Crippen LogP contribution < -0.4 is 10.2 Å². The van der Waals surface area contributed by atoms with Gasteiger partial charge in [0.2, 0.25) is 0 Å². The number of nitrogens with one attached hydrogen (secondary N) is 1. The van der Waals surface area contributed by atoms with E-state index in [4.69, 9.17) is 0 Å². The number of amides is 1. The molecule has 1 fully saturated rings. The zero-order valence-corrected chi connectivity index (χ0v) is 19.3. The molecule has 6 nitrogen and oxygen atoms in total. The van der Waals surface area contributed by atoms with E-state index in [1.165, 1.54) is 12.1 Å². The van der Waals surface area contributed by atoms with Gasteiger partial charge in [-0.05, 0) is 55.0 Å². The van der Waals surface area contributed by atoms with Crippen molar-refractivity contribution in [1.82, 2.24) is 9.97 Å². The summed E-state index contributed by atoms with van der Waals surface area (Å²) in [4.78, 5) is 23.5. The molecular formula is C26H28F2N4O2. The third kappa shape index (κ3) is 5.22. The quantitative estimate of drug-likeness (QED) is 0.544. The second kappa shape index (κ2) is 10.3. The minimum absolute atomic E-state index is 0.0287. The Morgan fingerprint density at radius 2 is 1.91 bits per heavy atom. The van der Waals surface area contributed by atoms with Gasteiger partial charge >= 0.3 is 0 Å². The summed E-state index contributed by atoms with van der Waals surface area (Å²) in [6, 6.07) is 8.83. The van der Waals surface area contributed by atoms with Crippen LogP contribution in [0.2, 0.25) is 0 Å². The first-order valence-corrected chi connectivity index (χ1v) is 11.5. The highest BCUT2D eigenvalue weighted by molar-refractivity contribution is 6.04. The van der Waals surface area contributed by atoms with Crippen molar-refractivity contribution in [3.8, 4) is 11.3 Å². The van der Waals surface area contributed by atoms with Crippen molar-refractivity contribution >= 4 is 17.3 Å². The summed E-state index contributed by atoms with van der Waals surface area (Å²) in [6.07, 6.45) is 4.68. The van der Waals surface area contributed by atoms with Crippen LogP contribution in [-0.2, 0) is 6.42 Å². The van der Waals surface area contributed by atoms with Gasteiger partial charge in [0.1, 0.15) is 23.0 Å². The first-order valence-electron chi connectivity index (χ1n) is 11.5. The number of anilines is 2. The summed E-state index contributed by atoms with van der Waals surface area (Å²) in [7, 11) is 0. The fourth-order valence-electron chi connectivity index (χ4n) is 4.24. The Hall–Kier alpha value is -3.39. The molecule has 0 atom stereocenters. The first-order chi connectivity index (χ1) is 16.3. The molecule has 178 valence electrons. The normalized spacial score (nSPS) is 14.5. The molecule has 0 bridgehead atoms. The molecule has 0 radical (unpaired) electrons. The molecule has 2 N–H and O–H groups in total. The molecule has 0 aliphatic carbocycles. The van der Waals surface area contributed by atoms with Crippen LogP contribution in [0.4, 0.5) is 20.2 Å². The Kier molecular flexibility index (Phi) is 7.17. The van der Waals surface area contributed by atoms with Gasteiger partial charge in [0.05, 0.1) is 23.7 Å². The standard InChI is InChI=1S/C26H28F2N4O2/c1-16(2)14-17-4-3-5-19(27)24(17)25-20(28)6-7-21(30-25)26(34)31-22-15-29-11-8-23(22)32-12-9-18(33)10-13-32/h3-8,11,15-16,18,33H,9-10,12-14H2,1-2H3,(H,31,34). The van der Waals surface area contributed by atoms with Crippen molar-refractivity contribution in [2.24, 2.45) is 5.92 Å². The van der Waals surface area contributed by atoms with Gasteiger partial charge in [0.25, 0.3) is 5.91 Å². The molecule has 2 aromatic heterocycles. The summed E-state index contributed by atoms with van der Waals surface area (Å²) >= 11 is 0. The molecule has 4 rings (SSSR count). The van der Waals surface area contributed by atoms with Gasteiger partial charge in [-0.3, -0.25) is 9.78 Å². The van der Waals surface area contributed by atoms with E-state index in [2.05, 4.69) is 20.2 Å². The van der Waals surface area contributed by atoms with Crippen molar-refractivity contribution in [3.63, 3.8) is 0 Å². The Morgan fingerprint density at radius 3 is 2.65 bits per heavy atom. The average molecular weight is 467 g/mol. The number of hydrogen-bond acceptors (Lipinski definition) is 5. The maximum atomic E-state index is 14.8. The number of piperidine rings is 1. The summed E-state index contributed by atoms with van der Waals surface area (Å²) in [6.45, 7) is 5.30. The van der Waals surface area contributed by atoms with Gasteiger partial charge in [-0.2, -0.15) is 0 Å². The van der Waals surface area contributed by atoms with Crippen LogP contribution in [0.5, 0.6) is 0 Å². The number of aliphatic hydroxyl groups excluding tert-OH is 1.